The number of imidazole rings is 1. The number of rotatable bonds is 6. The summed E-state index contributed by atoms with van der Waals surface area (Å²) in [6.45, 7) is 2.06. The van der Waals surface area contributed by atoms with Gasteiger partial charge in [-0.3, -0.25) is 9.88 Å². The molecular formula is C21H26N6. The van der Waals surface area contributed by atoms with E-state index in [-0.39, 0.29) is 0 Å². The van der Waals surface area contributed by atoms with Crippen molar-refractivity contribution in [2.75, 3.05) is 6.54 Å². The summed E-state index contributed by atoms with van der Waals surface area (Å²) in [4.78, 5) is 20.4. The van der Waals surface area contributed by atoms with E-state index >= 15 is 0 Å². The lowest BCUT2D eigenvalue weighted by Gasteiger charge is -2.35. The molecular weight excluding hydrogens is 336 g/mol. The number of hydrogen-bond donors (Lipinski definition) is 0. The minimum absolute atomic E-state index is 0.603. The molecule has 140 valence electrons. The fourth-order valence-corrected chi connectivity index (χ4v) is 3.83. The Morgan fingerprint density at radius 3 is 2.67 bits per heavy atom. The number of piperidine rings is 1. The molecule has 1 saturated heterocycles. The third-order valence-corrected chi connectivity index (χ3v) is 5.36. The fraction of sp³-hybridized carbons (Fsp3) is 0.429. The van der Waals surface area contributed by atoms with Crippen molar-refractivity contribution < 1.29 is 0 Å². The number of likely N-dealkylation sites (tertiary alicyclic amines) is 1. The van der Waals surface area contributed by atoms with Gasteiger partial charge in [0, 0.05) is 62.6 Å². The Morgan fingerprint density at radius 2 is 1.93 bits per heavy atom. The highest BCUT2D eigenvalue weighted by Crippen LogP contribution is 2.23. The van der Waals surface area contributed by atoms with Crippen molar-refractivity contribution in [3.63, 3.8) is 0 Å². The molecule has 27 heavy (non-hydrogen) atoms. The number of nitrogens with zero attached hydrogens (tertiary/aromatic N) is 6. The number of pyridine rings is 1. The Labute approximate surface area is 160 Å². The summed E-state index contributed by atoms with van der Waals surface area (Å²) in [5.74, 6) is 1.85. The Balaban J connectivity index is 1.39. The molecule has 6 nitrogen and oxygen atoms in total. The van der Waals surface area contributed by atoms with Crippen molar-refractivity contribution in [1.29, 1.82) is 0 Å². The molecule has 3 aromatic rings. The van der Waals surface area contributed by atoms with Crippen LogP contribution in [0.2, 0.25) is 0 Å². The van der Waals surface area contributed by atoms with E-state index in [0.717, 1.165) is 31.6 Å². The van der Waals surface area contributed by atoms with Gasteiger partial charge in [0.2, 0.25) is 0 Å². The van der Waals surface area contributed by atoms with Gasteiger partial charge in [0.05, 0.1) is 0 Å². The predicted molar refractivity (Wildman–Crippen MR) is 105 cm³/mol. The van der Waals surface area contributed by atoms with Crippen molar-refractivity contribution in [2.24, 2.45) is 7.05 Å². The topological polar surface area (TPSA) is 59.7 Å². The van der Waals surface area contributed by atoms with Crippen LogP contribution in [0.4, 0.5) is 0 Å². The highest BCUT2D eigenvalue weighted by atomic mass is 15.2. The lowest BCUT2D eigenvalue weighted by molar-refractivity contribution is 0.131. The summed E-state index contributed by atoms with van der Waals surface area (Å²) >= 11 is 0. The molecule has 0 spiro atoms. The van der Waals surface area contributed by atoms with Gasteiger partial charge in [0.1, 0.15) is 11.5 Å². The summed E-state index contributed by atoms with van der Waals surface area (Å²) in [5.41, 5.74) is 1.98. The lowest BCUT2D eigenvalue weighted by atomic mass is 9.97. The molecule has 0 aromatic carbocycles. The average molecular weight is 362 g/mol. The Kier molecular flexibility index (Phi) is 5.53. The van der Waals surface area contributed by atoms with E-state index in [0.29, 0.717) is 11.9 Å². The molecule has 1 fully saturated rings. The number of aryl methyl sites for hydroxylation is 2. The van der Waals surface area contributed by atoms with E-state index in [1.165, 1.54) is 30.7 Å². The van der Waals surface area contributed by atoms with Gasteiger partial charge in [-0.25, -0.2) is 15.0 Å². The van der Waals surface area contributed by atoms with Crippen LogP contribution in [0, 0.1) is 0 Å². The van der Waals surface area contributed by atoms with E-state index in [4.69, 9.17) is 0 Å². The van der Waals surface area contributed by atoms with Gasteiger partial charge in [-0.05, 0) is 37.9 Å². The normalized spacial score (nSPS) is 17.9. The average Bonchev–Trinajstić information content (AvgIpc) is 3.13. The largest absolute Gasteiger partial charge is 0.338 e. The summed E-state index contributed by atoms with van der Waals surface area (Å²) in [5, 5.41) is 0. The molecule has 0 aliphatic carbocycles. The second-order valence-electron chi connectivity index (χ2n) is 7.24. The molecule has 0 amide bonds. The third-order valence-electron chi connectivity index (χ3n) is 5.36. The number of hydrogen-bond acceptors (Lipinski definition) is 5. The zero-order valence-corrected chi connectivity index (χ0v) is 15.8. The lowest BCUT2D eigenvalue weighted by Crippen LogP contribution is -2.39. The SMILES string of the molecule is Cn1ccnc1CCC1CCCCN1Cc1cnc(-c2ccccn2)nc1. The van der Waals surface area contributed by atoms with Crippen LogP contribution >= 0.6 is 0 Å². The van der Waals surface area contributed by atoms with Crippen LogP contribution in [0.1, 0.15) is 37.1 Å². The van der Waals surface area contributed by atoms with Gasteiger partial charge in [0.25, 0.3) is 0 Å². The minimum atomic E-state index is 0.603. The Hall–Kier alpha value is -2.60. The second-order valence-corrected chi connectivity index (χ2v) is 7.24. The van der Waals surface area contributed by atoms with Crippen LogP contribution in [0.5, 0.6) is 0 Å². The van der Waals surface area contributed by atoms with Crippen LogP contribution in [0.15, 0.2) is 49.2 Å². The fourth-order valence-electron chi connectivity index (χ4n) is 3.83. The molecule has 0 saturated carbocycles. The van der Waals surface area contributed by atoms with Crippen molar-refractivity contribution in [1.82, 2.24) is 29.4 Å². The molecule has 3 aromatic heterocycles. The van der Waals surface area contributed by atoms with Gasteiger partial charge in [0.15, 0.2) is 5.82 Å². The van der Waals surface area contributed by atoms with Crippen molar-refractivity contribution in [3.8, 4) is 11.5 Å². The van der Waals surface area contributed by atoms with E-state index in [9.17, 15) is 0 Å². The molecule has 4 rings (SSSR count). The van der Waals surface area contributed by atoms with Gasteiger partial charge in [-0.15, -0.1) is 0 Å². The smallest absolute Gasteiger partial charge is 0.178 e. The highest BCUT2D eigenvalue weighted by Gasteiger charge is 2.23. The third kappa shape index (κ3) is 4.39. The zero-order valence-electron chi connectivity index (χ0n) is 15.8. The molecule has 1 aliphatic rings. The van der Waals surface area contributed by atoms with Crippen molar-refractivity contribution >= 4 is 0 Å². The molecule has 1 aliphatic heterocycles. The van der Waals surface area contributed by atoms with Crippen molar-refractivity contribution in [3.05, 3.63) is 60.6 Å². The van der Waals surface area contributed by atoms with Gasteiger partial charge < -0.3 is 4.57 Å². The molecule has 4 heterocycles. The maximum absolute atomic E-state index is 4.52. The van der Waals surface area contributed by atoms with Crippen molar-refractivity contribution in [2.45, 2.75) is 44.7 Å². The van der Waals surface area contributed by atoms with E-state index in [1.54, 1.807) is 6.20 Å². The standard InChI is InChI=1S/C21H26N6/c1-26-13-11-23-20(26)9-8-18-6-3-5-12-27(18)16-17-14-24-21(25-15-17)19-7-2-4-10-22-19/h2,4,7,10-11,13-15,18H,3,5-6,8-9,12,16H2,1H3. The first kappa shape index (κ1) is 17.8. The van der Waals surface area contributed by atoms with Gasteiger partial charge >= 0.3 is 0 Å². The van der Waals surface area contributed by atoms with Crippen LogP contribution < -0.4 is 0 Å². The molecule has 6 heteroatoms. The Bertz CT molecular complexity index is 843. The summed E-state index contributed by atoms with van der Waals surface area (Å²) < 4.78 is 2.12. The second kappa shape index (κ2) is 8.39. The first-order valence-electron chi connectivity index (χ1n) is 9.72. The van der Waals surface area contributed by atoms with Crippen LogP contribution in [-0.4, -0.2) is 42.0 Å². The molecule has 0 N–H and O–H groups in total. The Morgan fingerprint density at radius 1 is 1.04 bits per heavy atom. The zero-order chi connectivity index (χ0) is 18.5. The van der Waals surface area contributed by atoms with E-state index in [1.807, 2.05) is 43.0 Å². The summed E-state index contributed by atoms with van der Waals surface area (Å²) in [6.07, 6.45) is 15.6. The molecule has 1 atom stereocenters. The molecule has 1 unspecified atom stereocenters. The van der Waals surface area contributed by atoms with Crippen LogP contribution in [0.3, 0.4) is 0 Å². The summed E-state index contributed by atoms with van der Waals surface area (Å²) in [6, 6.07) is 6.40. The number of aromatic nitrogens is 5. The van der Waals surface area contributed by atoms with Crippen LogP contribution in [0.25, 0.3) is 11.5 Å². The van der Waals surface area contributed by atoms with Gasteiger partial charge in [-0.2, -0.15) is 0 Å². The summed E-state index contributed by atoms with van der Waals surface area (Å²) in [7, 11) is 2.07. The highest BCUT2D eigenvalue weighted by molar-refractivity contribution is 5.47. The molecule has 0 bridgehead atoms. The first-order valence-corrected chi connectivity index (χ1v) is 9.72. The van der Waals surface area contributed by atoms with Gasteiger partial charge in [-0.1, -0.05) is 12.5 Å². The monoisotopic (exact) mass is 362 g/mol. The maximum Gasteiger partial charge on any atom is 0.178 e. The first-order chi connectivity index (χ1) is 13.3. The molecule has 0 radical (unpaired) electrons. The quantitative estimate of drug-likeness (QED) is 0.674. The van der Waals surface area contributed by atoms with Crippen LogP contribution in [-0.2, 0) is 20.0 Å². The minimum Gasteiger partial charge on any atom is -0.338 e. The van der Waals surface area contributed by atoms with E-state index < -0.39 is 0 Å². The predicted octanol–water partition coefficient (Wildman–Crippen LogP) is 3.26. The van der Waals surface area contributed by atoms with E-state index in [2.05, 4.69) is 36.5 Å². The maximum atomic E-state index is 4.52.